The van der Waals surface area contributed by atoms with Crippen molar-refractivity contribution >= 4 is 33.2 Å². The summed E-state index contributed by atoms with van der Waals surface area (Å²) in [7, 11) is -2.60. The summed E-state index contributed by atoms with van der Waals surface area (Å²) in [6, 6.07) is 9.57. The van der Waals surface area contributed by atoms with Gasteiger partial charge >= 0.3 is 5.97 Å². The number of benzene rings is 1. The molecule has 0 aliphatic carbocycles. The van der Waals surface area contributed by atoms with E-state index in [2.05, 4.69) is 10.1 Å². The van der Waals surface area contributed by atoms with Gasteiger partial charge in [-0.3, -0.25) is 0 Å². The molecular formula is C16H15N3O4S2. The number of carbonyl (C=O) groups excluding carboxylic acids is 1. The Hall–Kier alpha value is -2.39. The van der Waals surface area contributed by atoms with Gasteiger partial charge in [-0.1, -0.05) is 18.2 Å². The number of aryl methyl sites for hydroxylation is 1. The van der Waals surface area contributed by atoms with Crippen LogP contribution in [-0.4, -0.2) is 42.4 Å². The Labute approximate surface area is 148 Å². The molecule has 0 atom stereocenters. The van der Waals surface area contributed by atoms with E-state index < -0.39 is 15.8 Å². The molecule has 0 aliphatic rings. The van der Waals surface area contributed by atoms with Gasteiger partial charge in [-0.2, -0.15) is 5.10 Å². The fourth-order valence-electron chi connectivity index (χ4n) is 2.44. The van der Waals surface area contributed by atoms with Gasteiger partial charge in [0.05, 0.1) is 12.0 Å². The molecule has 0 saturated heterocycles. The molecule has 0 aliphatic heterocycles. The Morgan fingerprint density at radius 2 is 1.92 bits per heavy atom. The van der Waals surface area contributed by atoms with E-state index in [-0.39, 0.29) is 26.2 Å². The Bertz CT molecular complexity index is 1060. The topological polar surface area (TPSA) is 90.6 Å². The quantitative estimate of drug-likeness (QED) is 0.509. The van der Waals surface area contributed by atoms with Crippen molar-refractivity contribution in [2.24, 2.45) is 0 Å². The van der Waals surface area contributed by atoms with E-state index >= 15 is 0 Å². The molecule has 25 heavy (non-hydrogen) atoms. The Morgan fingerprint density at radius 1 is 1.24 bits per heavy atom. The maximum atomic E-state index is 13.1. The summed E-state index contributed by atoms with van der Waals surface area (Å²) in [6.45, 7) is 1.68. The summed E-state index contributed by atoms with van der Waals surface area (Å²) in [5.41, 5.74) is 0.716. The fraction of sp³-hybridized carbons (Fsp3) is 0.188. The highest BCUT2D eigenvalue weighted by Crippen LogP contribution is 2.32. The summed E-state index contributed by atoms with van der Waals surface area (Å²) in [6.07, 6.45) is 1.72. The highest BCUT2D eigenvalue weighted by molar-refractivity contribution is 7.99. The lowest BCUT2D eigenvalue weighted by molar-refractivity contribution is 0.0590. The molecule has 3 rings (SSSR count). The molecule has 1 aromatic carbocycles. The lowest BCUT2D eigenvalue weighted by atomic mass is 10.3. The van der Waals surface area contributed by atoms with Crippen LogP contribution in [0.2, 0.25) is 0 Å². The number of methoxy groups -OCH3 is 1. The predicted molar refractivity (Wildman–Crippen MR) is 92.7 cm³/mol. The van der Waals surface area contributed by atoms with Gasteiger partial charge in [0, 0.05) is 5.69 Å². The first-order chi connectivity index (χ1) is 11.9. The predicted octanol–water partition coefficient (Wildman–Crippen LogP) is 2.38. The second-order valence-corrected chi connectivity index (χ2v) is 7.85. The Kier molecular flexibility index (Phi) is 4.53. The van der Waals surface area contributed by atoms with Gasteiger partial charge in [0.15, 0.2) is 16.2 Å². The van der Waals surface area contributed by atoms with Crippen LogP contribution >= 0.6 is 11.8 Å². The van der Waals surface area contributed by atoms with Crippen molar-refractivity contribution in [3.63, 3.8) is 0 Å². The second kappa shape index (κ2) is 6.49. The van der Waals surface area contributed by atoms with E-state index in [9.17, 15) is 13.2 Å². The molecule has 0 unspecified atom stereocenters. The van der Waals surface area contributed by atoms with Crippen LogP contribution in [-0.2, 0) is 14.6 Å². The molecule has 0 radical (unpaired) electrons. The van der Waals surface area contributed by atoms with Crippen molar-refractivity contribution in [2.45, 2.75) is 21.7 Å². The Morgan fingerprint density at radius 3 is 2.52 bits per heavy atom. The molecule has 0 saturated carbocycles. The minimum absolute atomic E-state index is 0.0138. The molecule has 7 nitrogen and oxygen atoms in total. The number of hydrogen-bond acceptors (Lipinski definition) is 7. The average Bonchev–Trinajstić information content (AvgIpc) is 3.00. The first-order valence-corrected chi connectivity index (χ1v) is 9.93. The summed E-state index contributed by atoms with van der Waals surface area (Å²) in [5, 5.41) is 4.54. The number of carbonyl (C=O) groups is 1. The molecule has 0 bridgehead atoms. The number of aromatic nitrogens is 3. The van der Waals surface area contributed by atoms with Crippen molar-refractivity contribution in [3.8, 4) is 0 Å². The molecule has 0 amide bonds. The van der Waals surface area contributed by atoms with Crippen molar-refractivity contribution in [2.75, 3.05) is 13.4 Å². The zero-order chi connectivity index (χ0) is 18.2. The van der Waals surface area contributed by atoms with Crippen molar-refractivity contribution in [1.29, 1.82) is 0 Å². The van der Waals surface area contributed by atoms with Gasteiger partial charge in [-0.25, -0.2) is 22.7 Å². The first-order valence-electron chi connectivity index (χ1n) is 7.23. The van der Waals surface area contributed by atoms with E-state index in [4.69, 9.17) is 4.74 Å². The minimum Gasteiger partial charge on any atom is -0.464 e. The standard InChI is InChI=1S/C16H15N3O4S2/c1-10-9-12(16(20)23-2)19-14(17-10)13(15(18-19)24-3)25(21,22)11-7-5-4-6-8-11/h4-9H,1-3H3. The monoisotopic (exact) mass is 377 g/mol. The van der Waals surface area contributed by atoms with E-state index in [0.29, 0.717) is 5.69 Å². The average molecular weight is 377 g/mol. The van der Waals surface area contributed by atoms with Crippen molar-refractivity contribution < 1.29 is 17.9 Å². The third-order valence-electron chi connectivity index (χ3n) is 3.55. The maximum Gasteiger partial charge on any atom is 0.356 e. The van der Waals surface area contributed by atoms with Crippen LogP contribution in [0.1, 0.15) is 16.2 Å². The lowest BCUT2D eigenvalue weighted by Gasteiger charge is -2.06. The normalized spacial score (nSPS) is 11.6. The van der Waals surface area contributed by atoms with Crippen LogP contribution in [0, 0.1) is 6.92 Å². The zero-order valence-corrected chi connectivity index (χ0v) is 15.4. The highest BCUT2D eigenvalue weighted by atomic mass is 32.2. The summed E-state index contributed by atoms with van der Waals surface area (Å²) < 4.78 is 32.2. The van der Waals surface area contributed by atoms with Gasteiger partial charge < -0.3 is 4.74 Å². The molecule has 9 heteroatoms. The van der Waals surface area contributed by atoms with Crippen molar-refractivity contribution in [3.05, 3.63) is 47.8 Å². The number of rotatable bonds is 4. The van der Waals surface area contributed by atoms with E-state index in [1.165, 1.54) is 41.6 Å². The molecule has 130 valence electrons. The molecule has 0 N–H and O–H groups in total. The van der Waals surface area contributed by atoms with Crippen LogP contribution in [0.25, 0.3) is 5.65 Å². The minimum atomic E-state index is -3.85. The largest absolute Gasteiger partial charge is 0.464 e. The van der Waals surface area contributed by atoms with E-state index in [1.54, 1.807) is 31.4 Å². The van der Waals surface area contributed by atoms with Gasteiger partial charge in [0.1, 0.15) is 5.03 Å². The van der Waals surface area contributed by atoms with Gasteiger partial charge in [0.25, 0.3) is 0 Å². The van der Waals surface area contributed by atoms with E-state index in [1.807, 2.05) is 0 Å². The lowest BCUT2D eigenvalue weighted by Crippen LogP contribution is -2.11. The van der Waals surface area contributed by atoms with Gasteiger partial charge in [-0.15, -0.1) is 11.8 Å². The van der Waals surface area contributed by atoms with Gasteiger partial charge in [-0.05, 0) is 31.4 Å². The van der Waals surface area contributed by atoms with Crippen LogP contribution in [0.4, 0.5) is 0 Å². The molecule has 2 heterocycles. The highest BCUT2D eigenvalue weighted by Gasteiger charge is 2.30. The third-order valence-corrected chi connectivity index (χ3v) is 6.16. The molecule has 0 spiro atoms. The van der Waals surface area contributed by atoms with Crippen LogP contribution in [0.5, 0.6) is 0 Å². The number of nitrogens with zero attached hydrogens (tertiary/aromatic N) is 3. The number of thioether (sulfide) groups is 1. The number of hydrogen-bond donors (Lipinski definition) is 0. The van der Waals surface area contributed by atoms with E-state index in [0.717, 1.165) is 0 Å². The van der Waals surface area contributed by atoms with Gasteiger partial charge in [0.2, 0.25) is 9.84 Å². The summed E-state index contributed by atoms with van der Waals surface area (Å²) in [5.74, 6) is -0.616. The molecule has 0 fully saturated rings. The van der Waals surface area contributed by atoms with Crippen molar-refractivity contribution in [1.82, 2.24) is 14.6 Å². The first kappa shape index (κ1) is 17.4. The Balaban J connectivity index is 2.40. The SMILES string of the molecule is COC(=O)c1cc(C)nc2c(S(=O)(=O)c3ccccc3)c(SC)nn12. The zero-order valence-electron chi connectivity index (χ0n) is 13.8. The molecule has 3 aromatic rings. The summed E-state index contributed by atoms with van der Waals surface area (Å²) in [4.78, 5) is 16.5. The molecular weight excluding hydrogens is 362 g/mol. The summed E-state index contributed by atoms with van der Waals surface area (Å²) >= 11 is 1.17. The second-order valence-electron chi connectivity index (χ2n) is 5.16. The number of fused-ring (bicyclic) bond motifs is 1. The number of esters is 1. The fourth-order valence-corrected chi connectivity index (χ4v) is 4.85. The maximum absolute atomic E-state index is 13.1. The van der Waals surface area contributed by atoms with Crippen LogP contribution in [0.3, 0.4) is 0 Å². The molecule has 2 aromatic heterocycles. The number of ether oxygens (including phenoxy) is 1. The number of sulfone groups is 1. The third kappa shape index (κ3) is 2.89. The smallest absolute Gasteiger partial charge is 0.356 e. The van der Waals surface area contributed by atoms with Crippen LogP contribution < -0.4 is 0 Å². The van der Waals surface area contributed by atoms with Crippen LogP contribution in [0.15, 0.2) is 51.2 Å².